The predicted octanol–water partition coefficient (Wildman–Crippen LogP) is 3.27. The van der Waals surface area contributed by atoms with Gasteiger partial charge >= 0.3 is 6.09 Å². The van der Waals surface area contributed by atoms with Crippen LogP contribution in [0.15, 0.2) is 12.1 Å². The summed E-state index contributed by atoms with van der Waals surface area (Å²) in [5.41, 5.74) is 5.80. The molecule has 3 atom stereocenters. The van der Waals surface area contributed by atoms with Crippen molar-refractivity contribution in [2.75, 3.05) is 17.3 Å². The Morgan fingerprint density at radius 1 is 1.29 bits per heavy atom. The summed E-state index contributed by atoms with van der Waals surface area (Å²) in [6, 6.07) is 3.26. The quantitative estimate of drug-likeness (QED) is 0.519. The summed E-state index contributed by atoms with van der Waals surface area (Å²) in [6.45, 7) is 8.24. The van der Waals surface area contributed by atoms with Crippen molar-refractivity contribution in [2.24, 2.45) is 11.1 Å². The summed E-state index contributed by atoms with van der Waals surface area (Å²) in [5, 5.41) is 20.2. The third kappa shape index (κ3) is 4.14. The molecular formula is C23H34N8O3. The first-order valence-corrected chi connectivity index (χ1v) is 11.6. The van der Waals surface area contributed by atoms with E-state index in [1.54, 1.807) is 4.90 Å². The van der Waals surface area contributed by atoms with E-state index < -0.39 is 17.5 Å². The van der Waals surface area contributed by atoms with Gasteiger partial charge in [-0.15, -0.1) is 0 Å². The molecular weight excluding hydrogens is 436 g/mol. The van der Waals surface area contributed by atoms with Crippen molar-refractivity contribution in [1.82, 2.24) is 25.1 Å². The fourth-order valence-electron chi connectivity index (χ4n) is 5.68. The number of primary amides is 1. The van der Waals surface area contributed by atoms with Gasteiger partial charge in [-0.25, -0.2) is 9.78 Å². The van der Waals surface area contributed by atoms with Gasteiger partial charge in [0.05, 0.1) is 5.54 Å². The molecule has 0 saturated carbocycles. The van der Waals surface area contributed by atoms with Gasteiger partial charge in [-0.05, 0) is 44.4 Å². The normalized spacial score (nSPS) is 24.6. The van der Waals surface area contributed by atoms with E-state index in [0.717, 1.165) is 25.0 Å². The minimum Gasteiger partial charge on any atom is -0.465 e. The molecule has 2 aliphatic heterocycles. The highest BCUT2D eigenvalue weighted by atomic mass is 16.4. The molecule has 2 aromatic heterocycles. The van der Waals surface area contributed by atoms with Gasteiger partial charge in [-0.3, -0.25) is 14.8 Å². The number of hydrogen-bond acceptors (Lipinski definition) is 7. The molecule has 11 heteroatoms. The van der Waals surface area contributed by atoms with Crippen LogP contribution in [0.4, 0.5) is 22.4 Å². The Hall–Kier alpha value is -3.37. The lowest BCUT2D eigenvalue weighted by Crippen LogP contribution is -2.70. The molecule has 2 aliphatic rings. The van der Waals surface area contributed by atoms with Gasteiger partial charge in [0.2, 0.25) is 5.95 Å². The molecule has 2 amide bonds. The number of aromatic nitrogens is 4. The second-order valence-corrected chi connectivity index (χ2v) is 10.5. The number of anilines is 3. The number of aromatic amines is 1. The van der Waals surface area contributed by atoms with Crippen LogP contribution < -0.4 is 16.0 Å². The van der Waals surface area contributed by atoms with Gasteiger partial charge in [0.25, 0.3) is 5.91 Å². The van der Waals surface area contributed by atoms with Crippen LogP contribution >= 0.6 is 0 Å². The van der Waals surface area contributed by atoms with Crippen LogP contribution in [0.25, 0.3) is 0 Å². The van der Waals surface area contributed by atoms with Crippen molar-refractivity contribution in [3.8, 4) is 0 Å². The smallest absolute Gasteiger partial charge is 0.408 e. The molecule has 2 aromatic rings. The van der Waals surface area contributed by atoms with E-state index in [-0.39, 0.29) is 23.2 Å². The zero-order valence-electron chi connectivity index (χ0n) is 20.4. The van der Waals surface area contributed by atoms with Crippen LogP contribution in [-0.4, -0.2) is 66.8 Å². The van der Waals surface area contributed by atoms with Gasteiger partial charge in [0, 0.05) is 37.0 Å². The van der Waals surface area contributed by atoms with Crippen LogP contribution in [-0.2, 0) is 0 Å². The fourth-order valence-corrected chi connectivity index (χ4v) is 5.68. The Bertz CT molecular complexity index is 1090. The number of nitrogens with two attached hydrogens (primary N) is 1. The number of nitrogens with zero attached hydrogens (tertiary/aromatic N) is 5. The van der Waals surface area contributed by atoms with Crippen LogP contribution in [0, 0.1) is 12.3 Å². The SMILES string of the molecule is Cc1cc(Nc2cc(C(N)=O)nc(N(C)[C@H]3C[C@@H]4CCC[C@](C(C)(C)C)(C3)N4C(=O)O)n2)n[nH]1. The number of hydrogen-bond donors (Lipinski definition) is 4. The number of H-pyrrole nitrogens is 1. The number of amides is 2. The molecule has 4 heterocycles. The third-order valence-electron chi connectivity index (χ3n) is 7.47. The number of carboxylic acid groups (broad SMARTS) is 1. The van der Waals surface area contributed by atoms with E-state index in [0.29, 0.717) is 30.4 Å². The van der Waals surface area contributed by atoms with Gasteiger partial charge in [0.1, 0.15) is 11.5 Å². The van der Waals surface area contributed by atoms with E-state index in [9.17, 15) is 14.7 Å². The summed E-state index contributed by atoms with van der Waals surface area (Å²) in [4.78, 5) is 37.1. The van der Waals surface area contributed by atoms with Gasteiger partial charge in [0.15, 0.2) is 5.82 Å². The van der Waals surface area contributed by atoms with Crippen molar-refractivity contribution < 1.29 is 14.7 Å². The highest BCUT2D eigenvalue weighted by molar-refractivity contribution is 5.92. The summed E-state index contributed by atoms with van der Waals surface area (Å²) >= 11 is 0. The second-order valence-electron chi connectivity index (χ2n) is 10.5. The standard InChI is InChI=1S/C23H34N8O3/c1-13-9-18(29-28-13)26-17-11-16(19(24)32)25-20(27-17)30(5)15-10-14-7-6-8-23(12-15,22(2,3)4)31(14)21(33)34/h9,11,14-15H,6-8,10,12H2,1-5H3,(H2,24,32)(H,33,34)(H2,25,26,27,28,29)/t14-,15-,23+/m0/s1. The van der Waals surface area contributed by atoms with Gasteiger partial charge in [-0.2, -0.15) is 10.1 Å². The number of carbonyl (C=O) groups excluding carboxylic acids is 1. The maximum absolute atomic E-state index is 12.3. The Morgan fingerprint density at radius 3 is 2.62 bits per heavy atom. The molecule has 0 aliphatic carbocycles. The minimum atomic E-state index is -0.853. The highest BCUT2D eigenvalue weighted by Crippen LogP contribution is 2.52. The predicted molar refractivity (Wildman–Crippen MR) is 128 cm³/mol. The molecule has 2 saturated heterocycles. The number of carbonyl (C=O) groups is 2. The molecule has 34 heavy (non-hydrogen) atoms. The minimum absolute atomic E-state index is 0.00345. The Kier molecular flexibility index (Phi) is 5.91. The van der Waals surface area contributed by atoms with E-state index in [1.807, 2.05) is 24.9 Å². The number of aryl methyl sites for hydroxylation is 1. The van der Waals surface area contributed by atoms with Gasteiger partial charge in [-0.1, -0.05) is 20.8 Å². The molecule has 2 bridgehead atoms. The highest BCUT2D eigenvalue weighted by Gasteiger charge is 2.57. The van der Waals surface area contributed by atoms with Crippen molar-refractivity contribution >= 4 is 29.6 Å². The van der Waals surface area contributed by atoms with Gasteiger partial charge < -0.3 is 21.1 Å². The first kappa shape index (κ1) is 23.8. The Morgan fingerprint density at radius 2 is 2.03 bits per heavy atom. The first-order valence-electron chi connectivity index (χ1n) is 11.6. The Labute approximate surface area is 199 Å². The molecule has 11 nitrogen and oxygen atoms in total. The average molecular weight is 471 g/mol. The number of piperidine rings is 2. The number of rotatable bonds is 5. The van der Waals surface area contributed by atoms with Crippen LogP contribution in [0.1, 0.15) is 69.1 Å². The lowest BCUT2D eigenvalue weighted by molar-refractivity contribution is -0.0886. The third-order valence-corrected chi connectivity index (χ3v) is 7.47. The summed E-state index contributed by atoms with van der Waals surface area (Å²) in [5.74, 6) is 0.686. The summed E-state index contributed by atoms with van der Waals surface area (Å²) < 4.78 is 0. The molecule has 184 valence electrons. The average Bonchev–Trinajstić information content (AvgIpc) is 3.15. The molecule has 0 unspecified atom stereocenters. The lowest BCUT2D eigenvalue weighted by Gasteiger charge is -2.62. The van der Waals surface area contributed by atoms with Crippen LogP contribution in [0.3, 0.4) is 0 Å². The zero-order chi connectivity index (χ0) is 24.8. The van der Waals surface area contributed by atoms with Crippen LogP contribution in [0.2, 0.25) is 0 Å². The summed E-state index contributed by atoms with van der Waals surface area (Å²) in [6.07, 6.45) is 3.13. The number of fused-ring (bicyclic) bond motifs is 2. The maximum Gasteiger partial charge on any atom is 0.408 e. The topological polar surface area (TPSA) is 153 Å². The fraction of sp³-hybridized carbons (Fsp3) is 0.609. The Balaban J connectivity index is 1.69. The molecule has 2 fully saturated rings. The summed E-state index contributed by atoms with van der Waals surface area (Å²) in [7, 11) is 1.90. The first-order chi connectivity index (χ1) is 15.9. The van der Waals surface area contributed by atoms with E-state index in [2.05, 4.69) is 46.3 Å². The molecule has 0 spiro atoms. The molecule has 5 N–H and O–H groups in total. The molecule has 4 rings (SSSR count). The van der Waals surface area contributed by atoms with E-state index >= 15 is 0 Å². The largest absolute Gasteiger partial charge is 0.465 e. The maximum atomic E-state index is 12.3. The van der Waals surface area contributed by atoms with Crippen molar-refractivity contribution in [3.05, 3.63) is 23.5 Å². The van der Waals surface area contributed by atoms with E-state index in [1.165, 1.54) is 6.07 Å². The zero-order valence-corrected chi connectivity index (χ0v) is 20.4. The monoisotopic (exact) mass is 470 g/mol. The van der Waals surface area contributed by atoms with E-state index in [4.69, 9.17) is 5.73 Å². The molecule has 0 radical (unpaired) electrons. The van der Waals surface area contributed by atoms with Crippen LogP contribution in [0.5, 0.6) is 0 Å². The van der Waals surface area contributed by atoms with Crippen molar-refractivity contribution in [3.63, 3.8) is 0 Å². The van der Waals surface area contributed by atoms with Crippen molar-refractivity contribution in [2.45, 2.75) is 77.4 Å². The lowest BCUT2D eigenvalue weighted by atomic mass is 9.60. The second kappa shape index (κ2) is 8.44. The van der Waals surface area contributed by atoms with Crippen molar-refractivity contribution in [1.29, 1.82) is 0 Å². The molecule has 0 aromatic carbocycles. The number of nitrogens with one attached hydrogen (secondary N) is 2.